The highest BCUT2D eigenvalue weighted by Gasteiger charge is 2.18. The van der Waals surface area contributed by atoms with Crippen LogP contribution < -0.4 is 0 Å². The first-order valence-electron chi connectivity index (χ1n) is 6.59. The van der Waals surface area contributed by atoms with Crippen LogP contribution in [0.1, 0.15) is 16.7 Å². The predicted molar refractivity (Wildman–Crippen MR) is 80.3 cm³/mol. The molecule has 0 aliphatic carbocycles. The molecule has 98 valence electrons. The fraction of sp³-hybridized carbons (Fsp3) is 0.118. The van der Waals surface area contributed by atoms with Crippen LogP contribution >= 0.6 is 0 Å². The Kier molecular flexibility index (Phi) is 3.50. The Labute approximate surface area is 117 Å². The molecule has 2 aromatic carbocycles. The molecule has 0 fully saturated rings. The third kappa shape index (κ3) is 2.57. The number of fused-ring (bicyclic) bond motifs is 1. The van der Waals surface area contributed by atoms with Crippen LogP contribution in [0.2, 0.25) is 0 Å². The van der Waals surface area contributed by atoms with E-state index in [0.29, 0.717) is 18.6 Å². The van der Waals surface area contributed by atoms with Gasteiger partial charge in [0.05, 0.1) is 0 Å². The molecule has 1 heterocycles. The molecule has 0 N–H and O–H groups in total. The van der Waals surface area contributed by atoms with Crippen LogP contribution in [0.5, 0.6) is 0 Å². The van der Waals surface area contributed by atoms with Crippen LogP contribution in [-0.4, -0.2) is 17.7 Å². The van der Waals surface area contributed by atoms with E-state index < -0.39 is 0 Å². The molecule has 2 aromatic rings. The zero-order valence-corrected chi connectivity index (χ0v) is 11.0. The number of hydrogen-bond donors (Lipinski definition) is 0. The van der Waals surface area contributed by atoms with Gasteiger partial charge in [0.15, 0.2) is 5.78 Å². The van der Waals surface area contributed by atoms with E-state index in [9.17, 15) is 4.79 Å². The zero-order chi connectivity index (χ0) is 13.8. The van der Waals surface area contributed by atoms with Gasteiger partial charge in [0.1, 0.15) is 5.71 Å². The molecule has 1 aliphatic rings. The van der Waals surface area contributed by atoms with Gasteiger partial charge < -0.3 is 0 Å². The predicted octanol–water partition coefficient (Wildman–Crippen LogP) is 2.83. The van der Waals surface area contributed by atoms with Crippen molar-refractivity contribution in [2.24, 2.45) is 10.2 Å². The fourth-order valence-electron chi connectivity index (χ4n) is 2.29. The lowest BCUT2D eigenvalue weighted by Gasteiger charge is -2.07. The molecule has 3 nitrogen and oxygen atoms in total. The Balaban J connectivity index is 1.92. The average Bonchev–Trinajstić information content (AvgIpc) is 2.70. The quantitative estimate of drug-likeness (QED) is 0.838. The molecule has 20 heavy (non-hydrogen) atoms. The van der Waals surface area contributed by atoms with Crippen LogP contribution in [0.4, 0.5) is 0 Å². The molecule has 0 unspecified atom stereocenters. The van der Waals surface area contributed by atoms with Gasteiger partial charge in [0, 0.05) is 24.6 Å². The van der Waals surface area contributed by atoms with Crippen LogP contribution in [-0.2, 0) is 17.6 Å². The summed E-state index contributed by atoms with van der Waals surface area (Å²) in [5.41, 5.74) is 3.43. The van der Waals surface area contributed by atoms with Crippen molar-refractivity contribution >= 4 is 17.7 Å². The maximum absolute atomic E-state index is 12.5. The van der Waals surface area contributed by atoms with Gasteiger partial charge in [-0.25, -0.2) is 0 Å². The number of carbonyl (C=O) groups excluding carboxylic acids is 1. The maximum Gasteiger partial charge on any atom is 0.188 e. The molecule has 0 saturated carbocycles. The summed E-state index contributed by atoms with van der Waals surface area (Å²) in [5.74, 6) is 0.00250. The second-order valence-corrected chi connectivity index (χ2v) is 4.69. The van der Waals surface area contributed by atoms with Gasteiger partial charge in [-0.2, -0.15) is 5.10 Å². The third-order valence-corrected chi connectivity index (χ3v) is 3.29. The van der Waals surface area contributed by atoms with E-state index in [1.54, 1.807) is 6.21 Å². The average molecular weight is 262 g/mol. The van der Waals surface area contributed by atoms with Crippen molar-refractivity contribution in [1.29, 1.82) is 0 Å². The van der Waals surface area contributed by atoms with Crippen molar-refractivity contribution in [2.45, 2.75) is 12.8 Å². The van der Waals surface area contributed by atoms with E-state index in [4.69, 9.17) is 0 Å². The zero-order valence-electron chi connectivity index (χ0n) is 11.0. The summed E-state index contributed by atoms with van der Waals surface area (Å²) < 4.78 is 0. The fourth-order valence-corrected chi connectivity index (χ4v) is 2.29. The standard InChI is InChI=1S/C17H14N2O/c20-16(12-13-6-2-1-3-7-13)17-15-9-5-4-8-14(15)10-11-18-19-17/h1-9,11H,10,12H2. The molecule has 0 spiro atoms. The van der Waals surface area contributed by atoms with Crippen molar-refractivity contribution in [3.63, 3.8) is 0 Å². The van der Waals surface area contributed by atoms with Gasteiger partial charge in [0.2, 0.25) is 0 Å². The first kappa shape index (κ1) is 12.5. The summed E-state index contributed by atoms with van der Waals surface area (Å²) in [7, 11) is 0. The molecule has 0 aromatic heterocycles. The normalized spacial score (nSPS) is 13.3. The number of hydrogen-bond acceptors (Lipinski definition) is 3. The van der Waals surface area contributed by atoms with Crippen molar-refractivity contribution in [3.05, 3.63) is 71.3 Å². The third-order valence-electron chi connectivity index (χ3n) is 3.29. The van der Waals surface area contributed by atoms with Gasteiger partial charge in [-0.15, -0.1) is 5.10 Å². The minimum atomic E-state index is 0.00250. The molecule has 0 atom stereocenters. The van der Waals surface area contributed by atoms with Crippen LogP contribution in [0.25, 0.3) is 0 Å². The van der Waals surface area contributed by atoms with Gasteiger partial charge >= 0.3 is 0 Å². The lowest BCUT2D eigenvalue weighted by Crippen LogP contribution is -2.18. The summed E-state index contributed by atoms with van der Waals surface area (Å²) in [4.78, 5) is 12.5. The van der Waals surface area contributed by atoms with Gasteiger partial charge in [-0.3, -0.25) is 4.79 Å². The number of carbonyl (C=O) groups is 1. The largest absolute Gasteiger partial charge is 0.292 e. The maximum atomic E-state index is 12.5. The Morgan fingerprint density at radius 3 is 2.60 bits per heavy atom. The summed E-state index contributed by atoms with van der Waals surface area (Å²) in [6, 6.07) is 17.6. The topological polar surface area (TPSA) is 41.8 Å². The van der Waals surface area contributed by atoms with Crippen molar-refractivity contribution < 1.29 is 4.79 Å². The van der Waals surface area contributed by atoms with Crippen molar-refractivity contribution in [1.82, 2.24) is 0 Å². The molecule has 0 bridgehead atoms. The lowest BCUT2D eigenvalue weighted by molar-refractivity contribution is -0.112. The summed E-state index contributed by atoms with van der Waals surface area (Å²) >= 11 is 0. The van der Waals surface area contributed by atoms with Crippen LogP contribution in [0.15, 0.2) is 64.8 Å². The molecular weight excluding hydrogens is 248 g/mol. The molecule has 0 amide bonds. The number of ketones is 1. The molecule has 0 radical (unpaired) electrons. The molecule has 3 heteroatoms. The smallest absolute Gasteiger partial charge is 0.188 e. The summed E-state index contributed by atoms with van der Waals surface area (Å²) in [5, 5.41) is 8.07. The Morgan fingerprint density at radius 2 is 1.75 bits per heavy atom. The molecular formula is C17H14N2O. The summed E-state index contributed by atoms with van der Waals surface area (Å²) in [6.45, 7) is 0. The minimum Gasteiger partial charge on any atom is -0.292 e. The van der Waals surface area contributed by atoms with E-state index in [1.165, 1.54) is 0 Å². The number of Topliss-reactive ketones (excluding diaryl/α,β-unsaturated/α-hetero) is 1. The number of benzene rings is 2. The highest BCUT2D eigenvalue weighted by Crippen LogP contribution is 2.15. The summed E-state index contributed by atoms with van der Waals surface area (Å²) in [6.07, 6.45) is 2.80. The number of rotatable bonds is 3. The first-order chi connectivity index (χ1) is 9.84. The second kappa shape index (κ2) is 5.61. The highest BCUT2D eigenvalue weighted by atomic mass is 16.1. The van der Waals surface area contributed by atoms with E-state index in [1.807, 2.05) is 54.6 Å². The first-order valence-corrected chi connectivity index (χ1v) is 6.59. The highest BCUT2D eigenvalue weighted by molar-refractivity contribution is 6.47. The SMILES string of the molecule is O=C(Cc1ccccc1)C1=NN=CCc2ccccc21. The molecule has 0 saturated heterocycles. The van der Waals surface area contributed by atoms with Gasteiger partial charge in [-0.05, 0) is 11.1 Å². The Hall–Kier alpha value is -2.55. The van der Waals surface area contributed by atoms with E-state index in [2.05, 4.69) is 10.2 Å². The van der Waals surface area contributed by atoms with E-state index >= 15 is 0 Å². The van der Waals surface area contributed by atoms with Crippen molar-refractivity contribution in [3.8, 4) is 0 Å². The van der Waals surface area contributed by atoms with E-state index in [0.717, 1.165) is 16.7 Å². The van der Waals surface area contributed by atoms with Gasteiger partial charge in [-0.1, -0.05) is 54.6 Å². The van der Waals surface area contributed by atoms with Crippen molar-refractivity contribution in [2.75, 3.05) is 0 Å². The van der Waals surface area contributed by atoms with Crippen LogP contribution in [0.3, 0.4) is 0 Å². The second-order valence-electron chi connectivity index (χ2n) is 4.69. The minimum absolute atomic E-state index is 0.00250. The van der Waals surface area contributed by atoms with Gasteiger partial charge in [0.25, 0.3) is 0 Å². The van der Waals surface area contributed by atoms with Crippen LogP contribution in [0, 0.1) is 0 Å². The molecule has 1 aliphatic heterocycles. The van der Waals surface area contributed by atoms with E-state index in [-0.39, 0.29) is 5.78 Å². The Bertz CT molecular complexity index is 687. The monoisotopic (exact) mass is 262 g/mol. The number of nitrogens with zero attached hydrogens (tertiary/aromatic N) is 2. The molecule has 3 rings (SSSR count). The lowest BCUT2D eigenvalue weighted by atomic mass is 9.96. The Morgan fingerprint density at radius 1 is 1.00 bits per heavy atom.